The molecule has 0 aromatic carbocycles. The molecule has 0 radical (unpaired) electrons. The molecule has 3 nitrogen and oxygen atoms in total. The lowest BCUT2D eigenvalue weighted by Crippen LogP contribution is -2.42. The van der Waals surface area contributed by atoms with E-state index in [-0.39, 0.29) is 0 Å². The summed E-state index contributed by atoms with van der Waals surface area (Å²) in [5, 5.41) is 4.75. The highest BCUT2D eigenvalue weighted by Crippen LogP contribution is 2.31. The third-order valence-electron chi connectivity index (χ3n) is 4.23. The second-order valence-corrected chi connectivity index (χ2v) is 6.69. The monoisotopic (exact) mass is 265 g/mol. The number of nitrogens with zero attached hydrogens (tertiary/aromatic N) is 2. The van der Waals surface area contributed by atoms with E-state index < -0.39 is 0 Å². The van der Waals surface area contributed by atoms with Crippen molar-refractivity contribution in [3.63, 3.8) is 0 Å². The Morgan fingerprint density at radius 3 is 3.00 bits per heavy atom. The minimum absolute atomic E-state index is 0.907. The molecular weight excluding hydrogens is 242 g/mol. The van der Waals surface area contributed by atoms with Crippen LogP contribution in [-0.4, -0.2) is 36.1 Å². The highest BCUT2D eigenvalue weighted by atomic mass is 32.1. The lowest BCUT2D eigenvalue weighted by Gasteiger charge is -2.26. The molecule has 2 heterocycles. The number of piperazine rings is 1. The number of aryl methyl sites for hydroxylation is 1. The fraction of sp³-hybridized carbons (Fsp3) is 0.786. The maximum atomic E-state index is 4.87. The number of hydrogen-bond acceptors (Lipinski definition) is 4. The molecule has 0 bridgehead atoms. The summed E-state index contributed by atoms with van der Waals surface area (Å²) >= 11 is 1.97. The topological polar surface area (TPSA) is 28.2 Å². The van der Waals surface area contributed by atoms with Gasteiger partial charge in [0.1, 0.15) is 5.01 Å². The fourth-order valence-corrected chi connectivity index (χ4v) is 4.25. The van der Waals surface area contributed by atoms with Gasteiger partial charge in [0.15, 0.2) is 0 Å². The van der Waals surface area contributed by atoms with Crippen LogP contribution in [0.5, 0.6) is 0 Å². The first kappa shape index (κ1) is 12.6. The Bertz CT molecular complexity index is 396. The zero-order valence-corrected chi connectivity index (χ0v) is 12.1. The zero-order chi connectivity index (χ0) is 12.4. The Kier molecular flexibility index (Phi) is 3.97. The largest absolute Gasteiger partial charge is 0.314 e. The van der Waals surface area contributed by atoms with Crippen molar-refractivity contribution in [3.05, 3.63) is 15.6 Å². The average Bonchev–Trinajstić information content (AvgIpc) is 2.80. The third kappa shape index (κ3) is 2.76. The first-order chi connectivity index (χ1) is 8.85. The third-order valence-corrected chi connectivity index (χ3v) is 5.34. The molecule has 0 spiro atoms. The van der Waals surface area contributed by atoms with Gasteiger partial charge >= 0.3 is 0 Å². The summed E-state index contributed by atoms with van der Waals surface area (Å²) in [6, 6.07) is 0. The first-order valence-electron chi connectivity index (χ1n) is 7.25. The van der Waals surface area contributed by atoms with Gasteiger partial charge in [-0.2, -0.15) is 0 Å². The number of aromatic nitrogens is 1. The van der Waals surface area contributed by atoms with Crippen LogP contribution in [0.25, 0.3) is 0 Å². The van der Waals surface area contributed by atoms with Crippen LogP contribution >= 0.6 is 11.3 Å². The smallest absolute Gasteiger partial charge is 0.107 e. The van der Waals surface area contributed by atoms with Crippen molar-refractivity contribution in [2.24, 2.45) is 5.92 Å². The second kappa shape index (κ2) is 5.68. The summed E-state index contributed by atoms with van der Waals surface area (Å²) < 4.78 is 0. The molecular formula is C14H23N3S. The molecule has 1 atom stereocenters. The van der Waals surface area contributed by atoms with E-state index in [0.29, 0.717) is 0 Å². The molecule has 1 aromatic rings. The molecule has 0 saturated carbocycles. The van der Waals surface area contributed by atoms with Crippen molar-refractivity contribution >= 4 is 11.3 Å². The van der Waals surface area contributed by atoms with Gasteiger partial charge < -0.3 is 5.32 Å². The number of fused-ring (bicyclic) bond motifs is 1. The van der Waals surface area contributed by atoms with E-state index in [9.17, 15) is 0 Å². The van der Waals surface area contributed by atoms with Crippen LogP contribution < -0.4 is 5.32 Å². The van der Waals surface area contributed by atoms with Gasteiger partial charge in [0.05, 0.1) is 12.2 Å². The standard InChI is InChI=1S/C14H23N3S/c1-2-11-3-4-12-13(9-11)18-14(16-12)10-17-7-5-15-6-8-17/h11,15H,2-10H2,1H3. The van der Waals surface area contributed by atoms with Crippen LogP contribution in [0.2, 0.25) is 0 Å². The molecule has 1 fully saturated rings. The number of thiazole rings is 1. The fourth-order valence-electron chi connectivity index (χ4n) is 2.97. The molecule has 0 amide bonds. The average molecular weight is 265 g/mol. The molecule has 4 heteroatoms. The Morgan fingerprint density at radius 2 is 2.22 bits per heavy atom. The Balaban J connectivity index is 1.65. The highest BCUT2D eigenvalue weighted by molar-refractivity contribution is 7.11. The molecule has 18 heavy (non-hydrogen) atoms. The maximum Gasteiger partial charge on any atom is 0.107 e. The summed E-state index contributed by atoms with van der Waals surface area (Å²) in [4.78, 5) is 8.98. The van der Waals surface area contributed by atoms with Crippen LogP contribution in [0.4, 0.5) is 0 Å². The van der Waals surface area contributed by atoms with Gasteiger partial charge in [-0.1, -0.05) is 13.3 Å². The van der Waals surface area contributed by atoms with E-state index in [2.05, 4.69) is 17.1 Å². The van der Waals surface area contributed by atoms with Crippen molar-refractivity contribution in [1.82, 2.24) is 15.2 Å². The highest BCUT2D eigenvalue weighted by Gasteiger charge is 2.22. The molecule has 1 aliphatic heterocycles. The van der Waals surface area contributed by atoms with Crippen LogP contribution in [0.3, 0.4) is 0 Å². The summed E-state index contributed by atoms with van der Waals surface area (Å²) in [5.74, 6) is 0.907. The summed E-state index contributed by atoms with van der Waals surface area (Å²) in [6.45, 7) is 7.98. The molecule has 1 aromatic heterocycles. The van der Waals surface area contributed by atoms with Gasteiger partial charge in [-0.05, 0) is 25.2 Å². The molecule has 3 rings (SSSR count). The summed E-state index contributed by atoms with van der Waals surface area (Å²) in [6.07, 6.45) is 5.17. The van der Waals surface area contributed by atoms with Gasteiger partial charge in [-0.15, -0.1) is 11.3 Å². The Hall–Kier alpha value is -0.450. The van der Waals surface area contributed by atoms with Crippen molar-refractivity contribution in [2.75, 3.05) is 26.2 Å². The normalized spacial score (nSPS) is 25.1. The number of hydrogen-bond donors (Lipinski definition) is 1. The zero-order valence-electron chi connectivity index (χ0n) is 11.2. The van der Waals surface area contributed by atoms with Crippen LogP contribution in [0.15, 0.2) is 0 Å². The predicted molar refractivity (Wildman–Crippen MR) is 76.1 cm³/mol. The van der Waals surface area contributed by atoms with E-state index >= 15 is 0 Å². The molecule has 1 saturated heterocycles. The first-order valence-corrected chi connectivity index (χ1v) is 8.07. The maximum absolute atomic E-state index is 4.87. The number of nitrogens with one attached hydrogen (secondary N) is 1. The van der Waals surface area contributed by atoms with Gasteiger partial charge in [-0.3, -0.25) is 4.90 Å². The summed E-state index contributed by atoms with van der Waals surface area (Å²) in [7, 11) is 0. The molecule has 1 N–H and O–H groups in total. The summed E-state index contributed by atoms with van der Waals surface area (Å²) in [5.41, 5.74) is 1.41. The Morgan fingerprint density at radius 1 is 1.39 bits per heavy atom. The molecule has 100 valence electrons. The van der Waals surface area contributed by atoms with Gasteiger partial charge in [-0.25, -0.2) is 4.98 Å². The van der Waals surface area contributed by atoms with Crippen LogP contribution in [0, 0.1) is 5.92 Å². The van der Waals surface area contributed by atoms with Gasteiger partial charge in [0.25, 0.3) is 0 Å². The van der Waals surface area contributed by atoms with Crippen molar-refractivity contribution in [1.29, 1.82) is 0 Å². The van der Waals surface area contributed by atoms with Crippen LogP contribution in [-0.2, 0) is 19.4 Å². The Labute approximate surface area is 114 Å². The molecule has 2 aliphatic rings. The SMILES string of the molecule is CCC1CCc2nc(CN3CCNCC3)sc2C1. The quantitative estimate of drug-likeness (QED) is 0.907. The van der Waals surface area contributed by atoms with Crippen molar-refractivity contribution in [2.45, 2.75) is 39.2 Å². The predicted octanol–water partition coefficient (Wildman–Crippen LogP) is 2.06. The second-order valence-electron chi connectivity index (χ2n) is 5.52. The van der Waals surface area contributed by atoms with E-state index in [0.717, 1.165) is 25.6 Å². The van der Waals surface area contributed by atoms with Gasteiger partial charge in [0.2, 0.25) is 0 Å². The molecule has 1 aliphatic carbocycles. The van der Waals surface area contributed by atoms with E-state index in [1.807, 2.05) is 11.3 Å². The van der Waals surface area contributed by atoms with Crippen molar-refractivity contribution < 1.29 is 0 Å². The van der Waals surface area contributed by atoms with E-state index in [1.165, 1.54) is 49.5 Å². The minimum Gasteiger partial charge on any atom is -0.314 e. The molecule has 1 unspecified atom stereocenters. The number of rotatable bonds is 3. The lowest BCUT2D eigenvalue weighted by molar-refractivity contribution is 0.233. The lowest BCUT2D eigenvalue weighted by atomic mass is 9.89. The van der Waals surface area contributed by atoms with E-state index in [4.69, 9.17) is 4.98 Å². The van der Waals surface area contributed by atoms with Crippen molar-refractivity contribution in [3.8, 4) is 0 Å². The minimum atomic E-state index is 0.907. The van der Waals surface area contributed by atoms with E-state index in [1.54, 1.807) is 4.88 Å². The van der Waals surface area contributed by atoms with Crippen LogP contribution in [0.1, 0.15) is 35.3 Å². The van der Waals surface area contributed by atoms with Gasteiger partial charge in [0, 0.05) is 31.1 Å².